The maximum absolute atomic E-state index is 10.9. The normalized spacial score (nSPS) is 11.9. The Morgan fingerprint density at radius 3 is 2.30 bits per heavy atom. The molecule has 0 aliphatic carbocycles. The average molecular weight is 271 g/mol. The summed E-state index contributed by atoms with van der Waals surface area (Å²) in [6, 6.07) is 14.1. The van der Waals surface area contributed by atoms with Crippen LogP contribution in [0.3, 0.4) is 0 Å². The summed E-state index contributed by atoms with van der Waals surface area (Å²) in [4.78, 5) is 10.9. The molecule has 0 saturated carbocycles. The van der Waals surface area contributed by atoms with E-state index in [4.69, 9.17) is 10.5 Å². The van der Waals surface area contributed by atoms with Crippen molar-refractivity contribution in [1.82, 2.24) is 0 Å². The molecular weight excluding hydrogens is 254 g/mol. The van der Waals surface area contributed by atoms with E-state index in [1.807, 2.05) is 31.2 Å². The minimum Gasteiger partial charge on any atom is -0.491 e. The molecule has 0 radical (unpaired) electrons. The van der Waals surface area contributed by atoms with Gasteiger partial charge < -0.3 is 15.6 Å². The predicted molar refractivity (Wildman–Crippen MR) is 76.6 cm³/mol. The summed E-state index contributed by atoms with van der Waals surface area (Å²) in [7, 11) is 0. The highest BCUT2D eigenvalue weighted by atomic mass is 16.5. The van der Waals surface area contributed by atoms with Gasteiger partial charge in [0.25, 0.3) is 0 Å². The van der Waals surface area contributed by atoms with Crippen LogP contribution in [0.2, 0.25) is 0 Å². The molecule has 0 heterocycles. The van der Waals surface area contributed by atoms with Gasteiger partial charge in [-0.25, -0.2) is 0 Å². The molecule has 104 valence electrons. The van der Waals surface area contributed by atoms with Crippen molar-refractivity contribution in [3.05, 3.63) is 65.2 Å². The number of primary amides is 1. The molecule has 0 saturated heterocycles. The van der Waals surface area contributed by atoms with Gasteiger partial charge in [-0.1, -0.05) is 29.8 Å². The van der Waals surface area contributed by atoms with Crippen LogP contribution >= 0.6 is 0 Å². The lowest BCUT2D eigenvalue weighted by Crippen LogP contribution is -2.11. The maximum Gasteiger partial charge on any atom is 0.248 e. The fourth-order valence-corrected chi connectivity index (χ4v) is 1.78. The fraction of sp³-hybridized carbons (Fsp3) is 0.188. The van der Waals surface area contributed by atoms with Crippen LogP contribution in [0.25, 0.3) is 0 Å². The average Bonchev–Trinajstić information content (AvgIpc) is 2.46. The number of nitrogens with two attached hydrogens (primary N) is 1. The number of hydrogen-bond acceptors (Lipinski definition) is 3. The predicted octanol–water partition coefficient (Wildman–Crippen LogP) is 2.21. The van der Waals surface area contributed by atoms with Crippen LogP contribution in [0.4, 0.5) is 0 Å². The molecule has 1 atom stereocenters. The first-order chi connectivity index (χ1) is 9.56. The molecule has 2 rings (SSSR count). The number of carbonyl (C=O) groups is 1. The Bertz CT molecular complexity index is 576. The van der Waals surface area contributed by atoms with E-state index >= 15 is 0 Å². The Morgan fingerprint density at radius 1 is 1.15 bits per heavy atom. The Labute approximate surface area is 117 Å². The minimum atomic E-state index is -0.689. The van der Waals surface area contributed by atoms with Gasteiger partial charge in [-0.15, -0.1) is 0 Å². The Hall–Kier alpha value is -2.33. The van der Waals surface area contributed by atoms with Gasteiger partial charge in [-0.2, -0.15) is 0 Å². The standard InChI is InChI=1S/C16H17NO3/c1-11-2-4-12(5-3-11)15(18)10-20-14-8-6-13(7-9-14)16(17)19/h2-9,15,18H,10H2,1H3,(H2,17,19). The number of hydrogen-bond donors (Lipinski definition) is 2. The van der Waals surface area contributed by atoms with Crippen LogP contribution in [0, 0.1) is 6.92 Å². The van der Waals surface area contributed by atoms with Gasteiger partial charge in [-0.05, 0) is 36.8 Å². The van der Waals surface area contributed by atoms with Crippen LogP contribution in [-0.2, 0) is 0 Å². The lowest BCUT2D eigenvalue weighted by Gasteiger charge is -2.13. The van der Waals surface area contributed by atoms with Crippen molar-refractivity contribution in [3.63, 3.8) is 0 Å². The summed E-state index contributed by atoms with van der Waals surface area (Å²) in [5, 5.41) is 10.0. The molecule has 4 heteroatoms. The molecule has 20 heavy (non-hydrogen) atoms. The zero-order chi connectivity index (χ0) is 14.5. The third-order valence-corrected chi connectivity index (χ3v) is 3.01. The van der Waals surface area contributed by atoms with E-state index in [0.29, 0.717) is 11.3 Å². The summed E-state index contributed by atoms with van der Waals surface area (Å²) in [5.41, 5.74) is 7.53. The van der Waals surface area contributed by atoms with E-state index in [-0.39, 0.29) is 6.61 Å². The number of amides is 1. The van der Waals surface area contributed by atoms with Gasteiger partial charge in [-0.3, -0.25) is 4.79 Å². The number of carbonyl (C=O) groups excluding carboxylic acids is 1. The van der Waals surface area contributed by atoms with Crippen molar-refractivity contribution < 1.29 is 14.6 Å². The first-order valence-electron chi connectivity index (χ1n) is 6.33. The SMILES string of the molecule is Cc1ccc(C(O)COc2ccc(C(N)=O)cc2)cc1. The van der Waals surface area contributed by atoms with Gasteiger partial charge in [0.15, 0.2) is 0 Å². The Kier molecular flexibility index (Phi) is 4.38. The van der Waals surface area contributed by atoms with Gasteiger partial charge >= 0.3 is 0 Å². The Morgan fingerprint density at radius 2 is 1.75 bits per heavy atom. The smallest absolute Gasteiger partial charge is 0.248 e. The molecule has 2 aromatic rings. The lowest BCUT2D eigenvalue weighted by atomic mass is 10.1. The third-order valence-electron chi connectivity index (χ3n) is 3.01. The van der Waals surface area contributed by atoms with Crippen LogP contribution in [0.1, 0.15) is 27.6 Å². The van der Waals surface area contributed by atoms with E-state index in [1.165, 1.54) is 0 Å². The van der Waals surface area contributed by atoms with Gasteiger partial charge in [0.2, 0.25) is 5.91 Å². The Balaban J connectivity index is 1.94. The van der Waals surface area contributed by atoms with E-state index in [9.17, 15) is 9.90 Å². The highest BCUT2D eigenvalue weighted by Gasteiger charge is 2.08. The largest absolute Gasteiger partial charge is 0.491 e. The molecule has 0 spiro atoms. The van der Waals surface area contributed by atoms with Crippen molar-refractivity contribution in [1.29, 1.82) is 0 Å². The summed E-state index contributed by atoms with van der Waals surface area (Å²) in [6.45, 7) is 2.14. The van der Waals surface area contributed by atoms with E-state index in [2.05, 4.69) is 0 Å². The monoisotopic (exact) mass is 271 g/mol. The number of benzene rings is 2. The van der Waals surface area contributed by atoms with E-state index in [0.717, 1.165) is 11.1 Å². The highest BCUT2D eigenvalue weighted by molar-refractivity contribution is 5.92. The van der Waals surface area contributed by atoms with Crippen molar-refractivity contribution in [3.8, 4) is 5.75 Å². The minimum absolute atomic E-state index is 0.152. The number of aliphatic hydroxyl groups is 1. The lowest BCUT2D eigenvalue weighted by molar-refractivity contribution is 0.0999. The van der Waals surface area contributed by atoms with E-state index in [1.54, 1.807) is 24.3 Å². The van der Waals surface area contributed by atoms with Crippen molar-refractivity contribution in [2.24, 2.45) is 5.73 Å². The second-order valence-electron chi connectivity index (χ2n) is 4.63. The zero-order valence-electron chi connectivity index (χ0n) is 11.2. The molecule has 0 aliphatic rings. The summed E-state index contributed by atoms with van der Waals surface area (Å²) in [5.74, 6) is 0.109. The summed E-state index contributed by atoms with van der Waals surface area (Å²) < 4.78 is 5.49. The van der Waals surface area contributed by atoms with Gasteiger partial charge in [0.1, 0.15) is 18.5 Å². The highest BCUT2D eigenvalue weighted by Crippen LogP contribution is 2.17. The molecule has 1 unspecified atom stereocenters. The van der Waals surface area contributed by atoms with Crippen LogP contribution < -0.4 is 10.5 Å². The number of aliphatic hydroxyl groups excluding tert-OH is 1. The number of aryl methyl sites for hydroxylation is 1. The maximum atomic E-state index is 10.9. The van der Waals surface area contributed by atoms with Gasteiger partial charge in [0.05, 0.1) is 0 Å². The second kappa shape index (κ2) is 6.21. The number of ether oxygens (including phenoxy) is 1. The molecular formula is C16H17NO3. The summed E-state index contributed by atoms with van der Waals surface area (Å²) in [6.07, 6.45) is -0.689. The third kappa shape index (κ3) is 3.59. The van der Waals surface area contributed by atoms with Crippen molar-refractivity contribution in [2.45, 2.75) is 13.0 Å². The molecule has 2 aromatic carbocycles. The first kappa shape index (κ1) is 14.1. The molecule has 3 N–H and O–H groups in total. The van der Waals surface area contributed by atoms with Crippen molar-refractivity contribution >= 4 is 5.91 Å². The molecule has 0 fully saturated rings. The first-order valence-corrected chi connectivity index (χ1v) is 6.33. The molecule has 1 amide bonds. The summed E-state index contributed by atoms with van der Waals surface area (Å²) >= 11 is 0. The van der Waals surface area contributed by atoms with Crippen LogP contribution in [0.5, 0.6) is 5.75 Å². The molecule has 4 nitrogen and oxygen atoms in total. The van der Waals surface area contributed by atoms with Crippen LogP contribution in [-0.4, -0.2) is 17.6 Å². The topological polar surface area (TPSA) is 72.6 Å². The zero-order valence-corrected chi connectivity index (χ0v) is 11.2. The van der Waals surface area contributed by atoms with Gasteiger partial charge in [0, 0.05) is 5.56 Å². The quantitative estimate of drug-likeness (QED) is 0.875. The molecule has 0 bridgehead atoms. The van der Waals surface area contributed by atoms with Crippen molar-refractivity contribution in [2.75, 3.05) is 6.61 Å². The number of rotatable bonds is 5. The van der Waals surface area contributed by atoms with E-state index < -0.39 is 12.0 Å². The van der Waals surface area contributed by atoms with Crippen LogP contribution in [0.15, 0.2) is 48.5 Å². The molecule has 0 aliphatic heterocycles. The fourth-order valence-electron chi connectivity index (χ4n) is 1.78. The second-order valence-corrected chi connectivity index (χ2v) is 4.63. The molecule has 0 aromatic heterocycles.